The third kappa shape index (κ3) is 5.94. The van der Waals surface area contributed by atoms with E-state index in [4.69, 9.17) is 5.73 Å². The zero-order valence-corrected chi connectivity index (χ0v) is 11.7. The zero-order valence-electron chi connectivity index (χ0n) is 10.9. The van der Waals surface area contributed by atoms with Gasteiger partial charge in [0.2, 0.25) is 0 Å². The summed E-state index contributed by atoms with van der Waals surface area (Å²) in [6.07, 6.45) is 0. The average Bonchev–Trinajstić information content (AvgIpc) is 2.44. The number of halogens is 1. The number of hydrogen-bond donors (Lipinski definition) is 2. The maximum absolute atomic E-state index is 12.1. The molecule has 0 heterocycles. The maximum atomic E-state index is 12.1. The van der Waals surface area contributed by atoms with E-state index in [9.17, 15) is 9.18 Å². The first-order chi connectivity index (χ1) is 9.17. The van der Waals surface area contributed by atoms with Crippen LogP contribution in [0, 0.1) is 0 Å². The van der Waals surface area contributed by atoms with Crippen molar-refractivity contribution < 1.29 is 13.9 Å². The highest BCUT2D eigenvalue weighted by atomic mass is 32.2. The van der Waals surface area contributed by atoms with Gasteiger partial charge in [-0.2, -0.15) is 11.8 Å². The quantitative estimate of drug-likeness (QED) is 0.713. The number of ether oxygens (including phenoxy) is 1. The van der Waals surface area contributed by atoms with Crippen molar-refractivity contribution in [3.63, 3.8) is 0 Å². The maximum Gasteiger partial charge on any atom is 0.323 e. The van der Waals surface area contributed by atoms with Crippen LogP contribution in [0.5, 0.6) is 0 Å². The number of alkyl halides is 1. The molecule has 19 heavy (non-hydrogen) atoms. The minimum Gasteiger partial charge on any atom is -0.468 e. The topological polar surface area (TPSA) is 64.3 Å². The van der Waals surface area contributed by atoms with Crippen LogP contribution in [0.25, 0.3) is 0 Å². The van der Waals surface area contributed by atoms with Crippen molar-refractivity contribution in [2.75, 3.05) is 31.4 Å². The molecule has 1 atom stereocenters. The lowest BCUT2D eigenvalue weighted by molar-refractivity contribution is -0.141. The number of hydrogen-bond acceptors (Lipinski definition) is 5. The second-order valence-electron chi connectivity index (χ2n) is 3.96. The molecular weight excluding hydrogens is 267 g/mol. The van der Waals surface area contributed by atoms with Crippen LogP contribution in [0.2, 0.25) is 0 Å². The van der Waals surface area contributed by atoms with Gasteiger partial charge in [-0.25, -0.2) is 4.39 Å². The number of esters is 1. The molecule has 0 spiro atoms. The van der Waals surface area contributed by atoms with Crippen LogP contribution in [0.3, 0.4) is 0 Å². The van der Waals surface area contributed by atoms with Gasteiger partial charge in [0, 0.05) is 23.7 Å². The summed E-state index contributed by atoms with van der Waals surface area (Å²) in [4.78, 5) is 11.1. The molecule has 0 bridgehead atoms. The summed E-state index contributed by atoms with van der Waals surface area (Å²) in [5.74, 6) is 0.857. The Morgan fingerprint density at radius 1 is 1.58 bits per heavy atom. The van der Waals surface area contributed by atoms with Crippen LogP contribution >= 0.6 is 11.8 Å². The van der Waals surface area contributed by atoms with Gasteiger partial charge in [-0.3, -0.25) is 4.79 Å². The third-order valence-corrected chi connectivity index (χ3v) is 3.55. The summed E-state index contributed by atoms with van der Waals surface area (Å²) in [7, 11) is 1.33. The van der Waals surface area contributed by atoms with Gasteiger partial charge < -0.3 is 15.8 Å². The fourth-order valence-electron chi connectivity index (χ4n) is 1.49. The molecule has 106 valence electrons. The lowest BCUT2D eigenvalue weighted by atomic mass is 10.2. The van der Waals surface area contributed by atoms with Gasteiger partial charge in [0.25, 0.3) is 0 Å². The molecule has 0 fully saturated rings. The average molecular weight is 286 g/mol. The Morgan fingerprint density at radius 3 is 3.05 bits per heavy atom. The van der Waals surface area contributed by atoms with Gasteiger partial charge in [0.15, 0.2) is 0 Å². The fourth-order valence-corrected chi connectivity index (χ4v) is 2.41. The molecule has 0 saturated heterocycles. The molecule has 1 rings (SSSR count). The molecule has 0 saturated carbocycles. The first kappa shape index (κ1) is 15.8. The van der Waals surface area contributed by atoms with Crippen molar-refractivity contribution in [3.05, 3.63) is 29.8 Å². The van der Waals surface area contributed by atoms with E-state index in [1.54, 1.807) is 11.8 Å². The van der Waals surface area contributed by atoms with Crippen LogP contribution in [0.4, 0.5) is 10.1 Å². The van der Waals surface area contributed by atoms with Gasteiger partial charge in [-0.05, 0) is 17.7 Å². The zero-order chi connectivity index (χ0) is 14.1. The number of rotatable bonds is 8. The van der Waals surface area contributed by atoms with Gasteiger partial charge in [0.1, 0.15) is 12.7 Å². The monoisotopic (exact) mass is 286 g/mol. The van der Waals surface area contributed by atoms with E-state index >= 15 is 0 Å². The highest BCUT2D eigenvalue weighted by molar-refractivity contribution is 7.98. The van der Waals surface area contributed by atoms with E-state index in [2.05, 4.69) is 10.1 Å². The standard InChI is InChI=1S/C13H19FN2O2S/c1-18-13(17)12(15)9-19-8-10-3-2-4-11(7-10)16-6-5-14/h2-4,7,12,16H,5-6,8-9,15H2,1H3. The Hall–Kier alpha value is -1.27. The normalized spacial score (nSPS) is 11.9. The number of benzene rings is 1. The molecule has 4 nitrogen and oxygen atoms in total. The minimum absolute atomic E-state index is 0.309. The summed E-state index contributed by atoms with van der Waals surface area (Å²) in [5.41, 5.74) is 7.64. The molecule has 1 aromatic carbocycles. The van der Waals surface area contributed by atoms with Gasteiger partial charge in [0.05, 0.1) is 7.11 Å². The van der Waals surface area contributed by atoms with Crippen LogP contribution in [-0.2, 0) is 15.3 Å². The second-order valence-corrected chi connectivity index (χ2v) is 4.99. The Bertz CT molecular complexity index is 404. The molecule has 0 aliphatic rings. The van der Waals surface area contributed by atoms with Crippen LogP contribution in [-0.4, -0.2) is 38.1 Å². The number of thioether (sulfide) groups is 1. The molecule has 6 heteroatoms. The first-order valence-corrected chi connectivity index (χ1v) is 7.12. The van der Waals surface area contributed by atoms with Crippen molar-refractivity contribution in [3.8, 4) is 0 Å². The molecule has 1 unspecified atom stereocenters. The predicted octanol–water partition coefficient (Wildman–Crippen LogP) is 1.80. The van der Waals surface area contributed by atoms with E-state index in [0.29, 0.717) is 12.3 Å². The van der Waals surface area contributed by atoms with Crippen LogP contribution < -0.4 is 11.1 Å². The highest BCUT2D eigenvalue weighted by Gasteiger charge is 2.13. The number of nitrogens with one attached hydrogen (secondary N) is 1. The molecule has 3 N–H and O–H groups in total. The molecule has 0 aliphatic heterocycles. The van der Waals surface area contributed by atoms with Crippen molar-refractivity contribution in [1.82, 2.24) is 0 Å². The van der Waals surface area contributed by atoms with Crippen LogP contribution in [0.15, 0.2) is 24.3 Å². The molecule has 0 radical (unpaired) electrons. The van der Waals surface area contributed by atoms with E-state index in [1.807, 2.05) is 24.3 Å². The molecule has 0 aromatic heterocycles. The first-order valence-electron chi connectivity index (χ1n) is 5.97. The molecular formula is C13H19FN2O2S. The minimum atomic E-state index is -0.595. The van der Waals surface area contributed by atoms with Gasteiger partial charge in [-0.1, -0.05) is 12.1 Å². The smallest absolute Gasteiger partial charge is 0.323 e. The second kappa shape index (κ2) is 8.77. The van der Waals surface area contributed by atoms with E-state index < -0.39 is 18.7 Å². The SMILES string of the molecule is COC(=O)C(N)CSCc1cccc(NCCF)c1. The van der Waals surface area contributed by atoms with E-state index in [0.717, 1.165) is 17.0 Å². The van der Waals surface area contributed by atoms with Crippen molar-refractivity contribution in [1.29, 1.82) is 0 Å². The lowest BCUT2D eigenvalue weighted by Crippen LogP contribution is -2.33. The molecule has 0 aliphatic carbocycles. The summed E-state index contributed by atoms with van der Waals surface area (Å²) < 4.78 is 16.6. The van der Waals surface area contributed by atoms with Crippen molar-refractivity contribution in [2.45, 2.75) is 11.8 Å². The Morgan fingerprint density at radius 2 is 2.37 bits per heavy atom. The van der Waals surface area contributed by atoms with Gasteiger partial charge in [-0.15, -0.1) is 0 Å². The molecule has 1 aromatic rings. The summed E-state index contributed by atoms with van der Waals surface area (Å²) in [5, 5.41) is 2.98. The molecule has 0 amide bonds. The van der Waals surface area contributed by atoms with Crippen LogP contribution in [0.1, 0.15) is 5.56 Å². The van der Waals surface area contributed by atoms with Crippen molar-refractivity contribution in [2.24, 2.45) is 5.73 Å². The number of anilines is 1. The van der Waals surface area contributed by atoms with E-state index in [-0.39, 0.29) is 0 Å². The number of methoxy groups -OCH3 is 1. The fraction of sp³-hybridized carbons (Fsp3) is 0.462. The number of carbonyl (C=O) groups is 1. The number of nitrogens with two attached hydrogens (primary N) is 1. The predicted molar refractivity (Wildman–Crippen MR) is 77.1 cm³/mol. The highest BCUT2D eigenvalue weighted by Crippen LogP contribution is 2.17. The number of carbonyl (C=O) groups excluding carboxylic acids is 1. The summed E-state index contributed by atoms with van der Waals surface area (Å²) in [6.45, 7) is -0.0865. The third-order valence-electron chi connectivity index (χ3n) is 2.42. The summed E-state index contributed by atoms with van der Waals surface area (Å²) >= 11 is 1.56. The van der Waals surface area contributed by atoms with E-state index in [1.165, 1.54) is 7.11 Å². The Labute approximate surface area is 116 Å². The largest absolute Gasteiger partial charge is 0.468 e. The van der Waals surface area contributed by atoms with Gasteiger partial charge >= 0.3 is 5.97 Å². The lowest BCUT2D eigenvalue weighted by Gasteiger charge is -2.09. The Balaban J connectivity index is 2.38. The Kier molecular flexibility index (Phi) is 7.28. The van der Waals surface area contributed by atoms with Crippen molar-refractivity contribution >= 4 is 23.4 Å². The summed E-state index contributed by atoms with van der Waals surface area (Å²) in [6, 6.07) is 7.16.